The number of aryl methyl sites for hydroxylation is 4. The van der Waals surface area contributed by atoms with Gasteiger partial charge in [-0.2, -0.15) is 13.2 Å². The van der Waals surface area contributed by atoms with Gasteiger partial charge in [0, 0.05) is 175 Å². The molecule has 0 aliphatic heterocycles. The maximum atomic E-state index is 13.0. The van der Waals surface area contributed by atoms with E-state index in [0.29, 0.717) is 30.0 Å². The van der Waals surface area contributed by atoms with Gasteiger partial charge >= 0.3 is 12.1 Å². The summed E-state index contributed by atoms with van der Waals surface area (Å²) in [6.07, 6.45) is 3.39. The van der Waals surface area contributed by atoms with Gasteiger partial charge in [0.15, 0.2) is 0 Å². The van der Waals surface area contributed by atoms with Gasteiger partial charge in [0.05, 0.1) is 47.2 Å². The third-order valence-electron chi connectivity index (χ3n) is 12.8. The molecule has 5 heterocycles. The predicted molar refractivity (Wildman–Crippen MR) is 353 cm³/mol. The van der Waals surface area contributed by atoms with Crippen LogP contribution in [0.1, 0.15) is 181 Å². The zero-order valence-corrected chi connectivity index (χ0v) is 66.8. The Balaban J connectivity index is 0. The largest absolute Gasteiger partial charge is 0.477 e. The van der Waals surface area contributed by atoms with E-state index in [1.165, 1.54) is 54.7 Å². The molecular weight excluding hydrogens is 1980 g/mol. The van der Waals surface area contributed by atoms with Gasteiger partial charge in [-0.25, -0.2) is 9.78 Å². The van der Waals surface area contributed by atoms with Gasteiger partial charge in [-0.15, -0.1) is 119 Å². The molecule has 3 radical (unpaired) electrons. The Hall–Kier alpha value is -6.12. The van der Waals surface area contributed by atoms with Gasteiger partial charge in [-0.1, -0.05) is 61.5 Å². The zero-order valence-electron chi connectivity index (χ0n) is 57.3. The summed E-state index contributed by atoms with van der Waals surface area (Å²) in [5.41, 5.74) is 12.1. The Morgan fingerprint density at radius 2 is 0.765 bits per heavy atom. The summed E-state index contributed by atoms with van der Waals surface area (Å²) in [6, 6.07) is 32.6. The number of benzene rings is 4. The maximum Gasteiger partial charge on any atom is 0.381 e. The third kappa shape index (κ3) is 34.3. The summed E-state index contributed by atoms with van der Waals surface area (Å²) in [4.78, 5) is 49.1. The second kappa shape index (κ2) is 47.1. The molecule has 0 saturated heterocycles. The van der Waals surface area contributed by atoms with Crippen molar-refractivity contribution in [3.05, 3.63) is 221 Å². The standard InChI is InChI=1S/C17H18F3N2.C16H18FN2.2C12H10FN2.C6H5NO2.2C5H12O2.3Ir.Pt/c1-10(2)14-9-21-16(15(22-14)11(3)4)12-5-7-13(8-6-12)17(18,19)20;1-10(2)14-9-18-16(15(19-14)11(3)4)12-5-7-13(17)8-6-12;2*1-8-7-14-12(9(2)15-8)10-3-5-11(13)6-4-10;8-6(9)5-3-1-2-4-7-5;2*1-4(6)3-5(2)7;;;;/h5,7-11H,1-4H3;5,7-11H,1-4H3;2*3,5-7H,1-2H3;1-4H,(H,8,9);2*4-7H,3H2,1-2H3;;;;/q4*-1;;;;;;;. The van der Waals surface area contributed by atoms with Crippen molar-refractivity contribution in [1.29, 1.82) is 0 Å². The number of pyridine rings is 1. The Morgan fingerprint density at radius 3 is 0.990 bits per heavy atom. The van der Waals surface area contributed by atoms with E-state index in [4.69, 9.17) is 30.5 Å². The molecule has 5 N–H and O–H groups in total. The van der Waals surface area contributed by atoms with Crippen LogP contribution in [0, 0.1) is 69.4 Å². The summed E-state index contributed by atoms with van der Waals surface area (Å²) >= 11 is 0. The van der Waals surface area contributed by atoms with Crippen LogP contribution in [0.5, 0.6) is 0 Å². The fourth-order valence-corrected chi connectivity index (χ4v) is 8.22. The molecule has 0 aliphatic carbocycles. The van der Waals surface area contributed by atoms with Crippen LogP contribution in [-0.4, -0.2) is 101 Å². The predicted octanol–water partition coefficient (Wildman–Crippen LogP) is 16.0. The van der Waals surface area contributed by atoms with Crippen molar-refractivity contribution in [2.75, 3.05) is 0 Å². The van der Waals surface area contributed by atoms with Crippen LogP contribution in [0.4, 0.5) is 26.3 Å². The number of rotatable bonds is 13. The summed E-state index contributed by atoms with van der Waals surface area (Å²) < 4.78 is 76.2. The number of halogens is 6. The molecule has 0 fully saturated rings. The number of aromatic nitrogens is 9. The maximum absolute atomic E-state index is 13.0. The number of alkyl halides is 3. The molecule has 15 nitrogen and oxygen atoms in total. The number of carbonyl (C=O) groups is 1. The van der Waals surface area contributed by atoms with Crippen molar-refractivity contribution in [1.82, 2.24) is 44.9 Å². The fraction of sp³-hybridized carbons (Fsp3) is 0.370. The Labute approximate surface area is 627 Å². The molecule has 0 amide bonds. The Kier molecular flexibility index (Phi) is 45.1. The molecule has 4 aromatic carbocycles. The van der Waals surface area contributed by atoms with Gasteiger partial charge in [0.25, 0.3) is 0 Å². The van der Waals surface area contributed by atoms with Crippen LogP contribution in [-0.2, 0) is 87.6 Å². The number of nitrogens with zero attached hydrogens (tertiary/aromatic N) is 9. The van der Waals surface area contributed by atoms with Crippen molar-refractivity contribution in [2.45, 2.75) is 178 Å². The second-order valence-electron chi connectivity index (χ2n) is 23.2. The molecule has 0 saturated carbocycles. The summed E-state index contributed by atoms with van der Waals surface area (Å²) in [7, 11) is 0. The van der Waals surface area contributed by atoms with Gasteiger partial charge in [0.2, 0.25) is 0 Å². The monoisotopic (exact) mass is 2070 g/mol. The van der Waals surface area contributed by atoms with Crippen molar-refractivity contribution in [3.8, 4) is 45.0 Å². The van der Waals surface area contributed by atoms with Crippen LogP contribution in [0.15, 0.2) is 122 Å². The molecule has 4 atom stereocenters. The number of aromatic carboxylic acids is 1. The molecule has 0 aliphatic rings. The smallest absolute Gasteiger partial charge is 0.381 e. The van der Waals surface area contributed by atoms with Gasteiger partial charge in [-0.3, -0.25) is 33.1 Å². The molecule has 0 bridgehead atoms. The first-order valence-corrected chi connectivity index (χ1v) is 30.4. The van der Waals surface area contributed by atoms with Crippen LogP contribution < -0.4 is 0 Å². The first-order valence-electron chi connectivity index (χ1n) is 30.4. The number of hydrogen-bond donors (Lipinski definition) is 5. The van der Waals surface area contributed by atoms with Crippen molar-refractivity contribution in [2.24, 2.45) is 0 Å². The molecule has 9 rings (SSSR count). The van der Waals surface area contributed by atoms with Gasteiger partial charge in [-0.05, 0) is 110 Å². The molecule has 541 valence electrons. The van der Waals surface area contributed by atoms with E-state index >= 15 is 0 Å². The Morgan fingerprint density at radius 1 is 0.439 bits per heavy atom. The van der Waals surface area contributed by atoms with Gasteiger partial charge < -0.3 is 45.5 Å². The quantitative estimate of drug-likeness (QED) is 0.0533. The second-order valence-corrected chi connectivity index (χ2v) is 23.2. The van der Waals surface area contributed by atoms with Gasteiger partial charge in [0.1, 0.15) is 5.69 Å². The summed E-state index contributed by atoms with van der Waals surface area (Å²) in [5, 5.41) is 42.6. The molecule has 0 spiro atoms. The number of carboxylic acids is 1. The van der Waals surface area contributed by atoms with E-state index in [1.54, 1.807) is 82.8 Å². The SMILES string of the molecule is CC(C)c1cnc(-c2[c-]cc(C(F)(F)F)cc2)c(C(C)C)n1.CC(C)c1cnc(-c2[c-]cc(F)cc2)c(C(C)C)n1.CC(O)CC(C)O.CC(O)CC(C)O.Cc1cnc(-c2[c-]cc(F)cc2)c(C)n1.Cc1cnc(-c2[c-]cc(F)cc2)c(C)n1.O=C(O)c1ccccn1.[Ir].[Ir].[Ir].[Pt]. The van der Waals surface area contributed by atoms with Crippen LogP contribution >= 0.6 is 0 Å². The Bertz CT molecular complexity index is 3600. The third-order valence-corrected chi connectivity index (χ3v) is 12.8. The minimum atomic E-state index is -4.36. The van der Waals surface area contributed by atoms with E-state index in [0.717, 1.165) is 91.5 Å². The number of aliphatic hydroxyl groups excluding tert-OH is 4. The van der Waals surface area contributed by atoms with Crippen molar-refractivity contribution < 1.29 is 138 Å². The molecule has 5 aromatic heterocycles. The van der Waals surface area contributed by atoms with E-state index in [-0.39, 0.29) is 147 Å². The molecule has 25 heteroatoms. The number of carboxylic acid groups (broad SMARTS) is 1. The minimum Gasteiger partial charge on any atom is -0.477 e. The zero-order chi connectivity index (χ0) is 70.6. The van der Waals surface area contributed by atoms with E-state index in [1.807, 2.05) is 55.4 Å². The molecule has 9 aromatic rings. The fourth-order valence-electron chi connectivity index (χ4n) is 8.22. The summed E-state index contributed by atoms with van der Waals surface area (Å²) in [6.45, 7) is 30.6. The van der Waals surface area contributed by atoms with Crippen LogP contribution in [0.25, 0.3) is 45.0 Å². The van der Waals surface area contributed by atoms with E-state index in [2.05, 4.69) is 91.8 Å². The topological polar surface area (TPSA) is 234 Å². The minimum absolute atomic E-state index is 0. The average Bonchev–Trinajstić information content (AvgIpc) is 0.822. The number of hydrogen-bond acceptors (Lipinski definition) is 14. The molecular formula is C73H85F6Ir3N9O6Pt-4. The number of aliphatic hydroxyl groups is 4. The van der Waals surface area contributed by atoms with E-state index in [9.17, 15) is 31.1 Å². The molecule has 4 unspecified atom stereocenters. The first kappa shape index (κ1) is 93.9. The normalized spacial score (nSPS) is 11.6. The van der Waals surface area contributed by atoms with Crippen LogP contribution in [0.3, 0.4) is 0 Å². The molecule has 98 heavy (non-hydrogen) atoms. The van der Waals surface area contributed by atoms with E-state index < -0.39 is 17.7 Å². The summed E-state index contributed by atoms with van der Waals surface area (Å²) in [5.74, 6) is -0.895. The average molecular weight is 2070 g/mol. The first-order chi connectivity index (χ1) is 44.1. The van der Waals surface area contributed by atoms with Crippen molar-refractivity contribution in [3.63, 3.8) is 0 Å². The van der Waals surface area contributed by atoms with Crippen molar-refractivity contribution >= 4 is 5.97 Å². The van der Waals surface area contributed by atoms with Crippen LogP contribution in [0.2, 0.25) is 0 Å².